The molecule has 1 aliphatic rings. The summed E-state index contributed by atoms with van der Waals surface area (Å²) in [5, 5.41) is 2.84. The van der Waals surface area contributed by atoms with Crippen molar-refractivity contribution in [1.29, 1.82) is 0 Å². The van der Waals surface area contributed by atoms with Crippen LogP contribution in [0.2, 0.25) is 0 Å². The number of piperidine rings is 1. The minimum atomic E-state index is -3.57. The molecule has 0 bridgehead atoms. The van der Waals surface area contributed by atoms with Crippen molar-refractivity contribution < 1.29 is 17.6 Å². The van der Waals surface area contributed by atoms with Gasteiger partial charge in [0.15, 0.2) is 0 Å². The van der Waals surface area contributed by atoms with Crippen molar-refractivity contribution in [3.05, 3.63) is 64.4 Å². The fraction of sp³-hybridized carbons (Fsp3) is 0.316. The van der Waals surface area contributed by atoms with Crippen LogP contribution in [0.3, 0.4) is 0 Å². The number of nitrogens with one attached hydrogen (secondary N) is 1. The fourth-order valence-corrected chi connectivity index (χ4v) is 4.94. The quantitative estimate of drug-likeness (QED) is 0.747. The van der Waals surface area contributed by atoms with Crippen molar-refractivity contribution in [2.75, 3.05) is 18.4 Å². The van der Waals surface area contributed by atoms with Gasteiger partial charge in [0, 0.05) is 23.2 Å². The molecule has 27 heavy (non-hydrogen) atoms. The summed E-state index contributed by atoms with van der Waals surface area (Å²) in [6.07, 6.45) is 1.27. The standard InChI is InChI=1S/C19H20BrFN2O3S/c20-16-5-9-18(10-6-16)22-19(24)15-2-1-11-23(12-15)27(25,26)13-14-3-7-17(21)8-4-14/h3-10,15H,1-2,11-13H2,(H,22,24)/t15-/m0/s1. The topological polar surface area (TPSA) is 66.5 Å². The summed E-state index contributed by atoms with van der Waals surface area (Å²) < 4.78 is 40.7. The number of halogens is 2. The SMILES string of the molecule is O=C(Nc1ccc(Br)cc1)[C@H]1CCCN(S(=O)(=O)Cc2ccc(F)cc2)C1. The molecular weight excluding hydrogens is 435 g/mol. The lowest BCUT2D eigenvalue weighted by molar-refractivity contribution is -0.120. The Kier molecular flexibility index (Phi) is 6.29. The molecule has 1 amide bonds. The van der Waals surface area contributed by atoms with Gasteiger partial charge in [-0.3, -0.25) is 4.79 Å². The van der Waals surface area contributed by atoms with E-state index in [0.29, 0.717) is 30.6 Å². The van der Waals surface area contributed by atoms with Crippen molar-refractivity contribution in [3.8, 4) is 0 Å². The predicted molar refractivity (Wildman–Crippen MR) is 106 cm³/mol. The van der Waals surface area contributed by atoms with E-state index < -0.39 is 21.8 Å². The van der Waals surface area contributed by atoms with Gasteiger partial charge in [-0.05, 0) is 54.8 Å². The molecule has 1 fully saturated rings. The van der Waals surface area contributed by atoms with Crippen LogP contribution in [0.1, 0.15) is 18.4 Å². The Morgan fingerprint density at radius 1 is 1.15 bits per heavy atom. The molecule has 1 saturated heterocycles. The molecule has 5 nitrogen and oxygen atoms in total. The van der Waals surface area contributed by atoms with Gasteiger partial charge in [0.2, 0.25) is 15.9 Å². The van der Waals surface area contributed by atoms with Crippen LogP contribution in [0.4, 0.5) is 10.1 Å². The molecule has 1 N–H and O–H groups in total. The second kappa shape index (κ2) is 8.50. The van der Waals surface area contributed by atoms with Gasteiger partial charge in [-0.25, -0.2) is 17.1 Å². The van der Waals surface area contributed by atoms with E-state index in [1.807, 2.05) is 12.1 Å². The summed E-state index contributed by atoms with van der Waals surface area (Å²) in [5.41, 5.74) is 1.20. The predicted octanol–water partition coefficient (Wildman–Crippen LogP) is 3.77. The van der Waals surface area contributed by atoms with Gasteiger partial charge in [-0.2, -0.15) is 0 Å². The highest BCUT2D eigenvalue weighted by Crippen LogP contribution is 2.23. The molecule has 0 spiro atoms. The first-order valence-corrected chi connectivity index (χ1v) is 11.0. The zero-order valence-electron chi connectivity index (χ0n) is 14.6. The fourth-order valence-electron chi connectivity index (χ4n) is 3.07. The van der Waals surface area contributed by atoms with Crippen LogP contribution >= 0.6 is 15.9 Å². The van der Waals surface area contributed by atoms with Gasteiger partial charge < -0.3 is 5.32 Å². The molecule has 1 heterocycles. The molecule has 2 aromatic carbocycles. The van der Waals surface area contributed by atoms with Crippen molar-refractivity contribution in [2.45, 2.75) is 18.6 Å². The van der Waals surface area contributed by atoms with Gasteiger partial charge in [-0.15, -0.1) is 0 Å². The summed E-state index contributed by atoms with van der Waals surface area (Å²) in [7, 11) is -3.57. The normalized spacial score (nSPS) is 18.2. The number of nitrogens with zero attached hydrogens (tertiary/aromatic N) is 1. The molecule has 0 saturated carbocycles. The average molecular weight is 455 g/mol. The lowest BCUT2D eigenvalue weighted by atomic mass is 9.99. The first kappa shape index (κ1) is 20.0. The van der Waals surface area contributed by atoms with E-state index in [4.69, 9.17) is 0 Å². The number of hydrogen-bond acceptors (Lipinski definition) is 3. The van der Waals surface area contributed by atoms with Crippen LogP contribution in [-0.4, -0.2) is 31.7 Å². The Morgan fingerprint density at radius 2 is 1.81 bits per heavy atom. The molecule has 144 valence electrons. The van der Waals surface area contributed by atoms with Gasteiger partial charge in [0.1, 0.15) is 5.82 Å². The number of anilines is 1. The Balaban J connectivity index is 1.64. The van der Waals surface area contributed by atoms with E-state index in [1.54, 1.807) is 12.1 Å². The second-order valence-electron chi connectivity index (χ2n) is 6.58. The number of amides is 1. The third kappa shape index (κ3) is 5.37. The van der Waals surface area contributed by atoms with Crippen LogP contribution < -0.4 is 5.32 Å². The third-order valence-corrected chi connectivity index (χ3v) is 6.87. The van der Waals surface area contributed by atoms with Gasteiger partial charge >= 0.3 is 0 Å². The Hall–Kier alpha value is -1.77. The van der Waals surface area contributed by atoms with Gasteiger partial charge in [0.25, 0.3) is 0 Å². The highest BCUT2D eigenvalue weighted by Gasteiger charge is 2.32. The van der Waals surface area contributed by atoms with Crippen LogP contribution in [0.5, 0.6) is 0 Å². The maximum absolute atomic E-state index is 13.0. The average Bonchev–Trinajstić information content (AvgIpc) is 2.65. The zero-order chi connectivity index (χ0) is 19.4. The largest absolute Gasteiger partial charge is 0.326 e. The summed E-state index contributed by atoms with van der Waals surface area (Å²) in [5.74, 6) is -1.18. The summed E-state index contributed by atoms with van der Waals surface area (Å²) >= 11 is 3.34. The van der Waals surface area contributed by atoms with E-state index >= 15 is 0 Å². The maximum Gasteiger partial charge on any atom is 0.228 e. The van der Waals surface area contributed by atoms with Gasteiger partial charge in [0.05, 0.1) is 11.7 Å². The smallest absolute Gasteiger partial charge is 0.228 e. The van der Waals surface area contributed by atoms with Crippen LogP contribution in [0.15, 0.2) is 53.0 Å². The number of benzene rings is 2. The Morgan fingerprint density at radius 3 is 2.48 bits per heavy atom. The molecular formula is C19H20BrFN2O3S. The molecule has 3 rings (SSSR count). The monoisotopic (exact) mass is 454 g/mol. The van der Waals surface area contributed by atoms with Crippen LogP contribution in [0.25, 0.3) is 0 Å². The second-order valence-corrected chi connectivity index (χ2v) is 9.46. The molecule has 0 aliphatic carbocycles. The lowest BCUT2D eigenvalue weighted by Crippen LogP contribution is -2.44. The molecule has 0 aromatic heterocycles. The first-order chi connectivity index (χ1) is 12.8. The Labute approximate surface area is 166 Å². The number of sulfonamides is 1. The van der Waals surface area contributed by atoms with E-state index in [1.165, 1.54) is 28.6 Å². The van der Waals surface area contributed by atoms with Crippen LogP contribution in [-0.2, 0) is 20.6 Å². The van der Waals surface area contributed by atoms with E-state index in [2.05, 4.69) is 21.2 Å². The minimum absolute atomic E-state index is 0.159. The molecule has 1 atom stereocenters. The van der Waals surface area contributed by atoms with Crippen molar-refractivity contribution in [1.82, 2.24) is 4.31 Å². The highest BCUT2D eigenvalue weighted by atomic mass is 79.9. The van der Waals surface area contributed by atoms with E-state index in [-0.39, 0.29) is 18.2 Å². The lowest BCUT2D eigenvalue weighted by Gasteiger charge is -2.31. The molecule has 1 aliphatic heterocycles. The third-order valence-electron chi connectivity index (χ3n) is 4.52. The number of hydrogen-bond donors (Lipinski definition) is 1. The van der Waals surface area contributed by atoms with Crippen LogP contribution in [0, 0.1) is 11.7 Å². The van der Waals surface area contributed by atoms with Crippen molar-refractivity contribution >= 4 is 37.5 Å². The first-order valence-electron chi connectivity index (χ1n) is 8.62. The summed E-state index contributed by atoms with van der Waals surface area (Å²) in [6.45, 7) is 0.553. The van der Waals surface area contributed by atoms with Crippen molar-refractivity contribution in [2.24, 2.45) is 5.92 Å². The zero-order valence-corrected chi connectivity index (χ0v) is 17.0. The molecule has 0 radical (unpaired) electrons. The summed E-state index contributed by atoms with van der Waals surface area (Å²) in [4.78, 5) is 12.5. The molecule has 8 heteroatoms. The minimum Gasteiger partial charge on any atom is -0.326 e. The highest BCUT2D eigenvalue weighted by molar-refractivity contribution is 9.10. The number of rotatable bonds is 5. The number of carbonyl (C=O) groups is 1. The maximum atomic E-state index is 13.0. The van der Waals surface area contributed by atoms with E-state index in [9.17, 15) is 17.6 Å². The van der Waals surface area contributed by atoms with Gasteiger partial charge in [-0.1, -0.05) is 28.1 Å². The number of carbonyl (C=O) groups excluding carboxylic acids is 1. The molecule has 0 unspecified atom stereocenters. The van der Waals surface area contributed by atoms with E-state index in [0.717, 1.165) is 4.47 Å². The Bertz CT molecular complexity index is 902. The molecule has 2 aromatic rings. The summed E-state index contributed by atoms with van der Waals surface area (Å²) in [6, 6.07) is 12.7. The van der Waals surface area contributed by atoms with Crippen molar-refractivity contribution in [3.63, 3.8) is 0 Å².